The van der Waals surface area contributed by atoms with Crippen molar-refractivity contribution < 1.29 is 13.2 Å². The summed E-state index contributed by atoms with van der Waals surface area (Å²) in [5, 5.41) is 9.14. The summed E-state index contributed by atoms with van der Waals surface area (Å²) in [6, 6.07) is 7.51. The average molecular weight is 485 g/mol. The standard InChI is InChI=1S/C18H21BrN4O3S2/c1-3-9-23-17(13-4-6-14(19)7-5-13)20-21-18(23)27-11-16(24)22(2)15-8-10-28(25,26)12-15/h3-7,15H,1,8-12H2,2H3/t15-/m1/s1. The van der Waals surface area contributed by atoms with Crippen molar-refractivity contribution in [2.45, 2.75) is 24.2 Å². The molecule has 1 amide bonds. The summed E-state index contributed by atoms with van der Waals surface area (Å²) >= 11 is 4.71. The van der Waals surface area contributed by atoms with Gasteiger partial charge in [-0.3, -0.25) is 9.36 Å². The lowest BCUT2D eigenvalue weighted by atomic mass is 10.2. The molecule has 0 bridgehead atoms. The van der Waals surface area contributed by atoms with Crippen molar-refractivity contribution in [3.63, 3.8) is 0 Å². The van der Waals surface area contributed by atoms with Gasteiger partial charge in [0.1, 0.15) is 0 Å². The zero-order valence-electron chi connectivity index (χ0n) is 15.4. The van der Waals surface area contributed by atoms with Crippen molar-refractivity contribution in [1.29, 1.82) is 0 Å². The Morgan fingerprint density at radius 3 is 2.71 bits per heavy atom. The van der Waals surface area contributed by atoms with Crippen LogP contribution in [0.1, 0.15) is 6.42 Å². The molecule has 28 heavy (non-hydrogen) atoms. The van der Waals surface area contributed by atoms with Crippen molar-refractivity contribution in [3.05, 3.63) is 41.4 Å². The number of benzene rings is 1. The van der Waals surface area contributed by atoms with E-state index in [2.05, 4.69) is 32.7 Å². The molecule has 0 unspecified atom stereocenters. The Morgan fingerprint density at radius 1 is 1.39 bits per heavy atom. The van der Waals surface area contributed by atoms with E-state index in [-0.39, 0.29) is 29.2 Å². The van der Waals surface area contributed by atoms with Gasteiger partial charge < -0.3 is 4.90 Å². The Balaban J connectivity index is 1.71. The van der Waals surface area contributed by atoms with Crippen molar-refractivity contribution in [2.75, 3.05) is 24.3 Å². The molecule has 2 heterocycles. The number of amides is 1. The van der Waals surface area contributed by atoms with Crippen LogP contribution in [0.2, 0.25) is 0 Å². The van der Waals surface area contributed by atoms with E-state index < -0.39 is 9.84 Å². The average Bonchev–Trinajstić information content (AvgIpc) is 3.23. The zero-order valence-corrected chi connectivity index (χ0v) is 18.6. The smallest absolute Gasteiger partial charge is 0.233 e. The molecular weight excluding hydrogens is 464 g/mol. The van der Waals surface area contributed by atoms with E-state index in [1.54, 1.807) is 18.0 Å². The van der Waals surface area contributed by atoms with Crippen LogP contribution in [0.3, 0.4) is 0 Å². The summed E-state index contributed by atoms with van der Waals surface area (Å²) < 4.78 is 26.2. The fourth-order valence-electron chi connectivity index (χ4n) is 3.01. The second-order valence-corrected chi connectivity index (χ2v) is 10.6. The summed E-state index contributed by atoms with van der Waals surface area (Å²) in [6.07, 6.45) is 2.25. The highest BCUT2D eigenvalue weighted by Crippen LogP contribution is 2.26. The Hall–Kier alpha value is -1.65. The SMILES string of the molecule is C=CCn1c(SCC(=O)N(C)[C@@H]2CCS(=O)(=O)C2)nnc1-c1ccc(Br)cc1. The molecule has 0 aliphatic carbocycles. The fraction of sp³-hybridized carbons (Fsp3) is 0.389. The fourth-order valence-corrected chi connectivity index (χ4v) is 5.92. The molecule has 1 aliphatic rings. The first-order valence-electron chi connectivity index (χ1n) is 8.69. The van der Waals surface area contributed by atoms with E-state index >= 15 is 0 Å². The van der Waals surface area contributed by atoms with Gasteiger partial charge in [0.25, 0.3) is 0 Å². The normalized spacial score (nSPS) is 18.1. The van der Waals surface area contributed by atoms with Crippen LogP contribution in [-0.2, 0) is 21.2 Å². The van der Waals surface area contributed by atoms with Crippen LogP contribution >= 0.6 is 27.7 Å². The van der Waals surface area contributed by atoms with E-state index in [0.29, 0.717) is 23.9 Å². The molecule has 0 spiro atoms. The lowest BCUT2D eigenvalue weighted by molar-refractivity contribution is -0.128. The molecule has 150 valence electrons. The first-order chi connectivity index (χ1) is 13.3. The van der Waals surface area contributed by atoms with Gasteiger partial charge in [-0.2, -0.15) is 0 Å². The molecule has 0 radical (unpaired) electrons. The molecule has 1 saturated heterocycles. The van der Waals surface area contributed by atoms with Gasteiger partial charge in [-0.1, -0.05) is 45.9 Å². The number of hydrogen-bond acceptors (Lipinski definition) is 6. The number of nitrogens with zero attached hydrogens (tertiary/aromatic N) is 4. The monoisotopic (exact) mass is 484 g/mol. The molecule has 1 aromatic heterocycles. The Labute approximate surface area is 177 Å². The highest BCUT2D eigenvalue weighted by atomic mass is 79.9. The molecule has 10 heteroatoms. The maximum absolute atomic E-state index is 12.5. The maximum Gasteiger partial charge on any atom is 0.233 e. The number of carbonyl (C=O) groups is 1. The summed E-state index contributed by atoms with van der Waals surface area (Å²) in [4.78, 5) is 14.1. The Morgan fingerprint density at radius 2 is 2.11 bits per heavy atom. The van der Waals surface area contributed by atoms with Crippen LogP contribution in [0.25, 0.3) is 11.4 Å². The molecule has 2 aromatic rings. The summed E-state index contributed by atoms with van der Waals surface area (Å²) in [5.41, 5.74) is 0.920. The Bertz CT molecular complexity index is 973. The van der Waals surface area contributed by atoms with Gasteiger partial charge in [0, 0.05) is 29.7 Å². The van der Waals surface area contributed by atoms with Crippen LogP contribution in [0.5, 0.6) is 0 Å². The van der Waals surface area contributed by atoms with E-state index in [0.717, 1.165) is 10.0 Å². The van der Waals surface area contributed by atoms with Crippen molar-refractivity contribution >= 4 is 43.4 Å². The summed E-state index contributed by atoms with van der Waals surface area (Å²) in [5.74, 6) is 0.943. The van der Waals surface area contributed by atoms with E-state index in [9.17, 15) is 13.2 Å². The summed E-state index contributed by atoms with van der Waals surface area (Å²) in [7, 11) is -1.36. The van der Waals surface area contributed by atoms with E-state index in [4.69, 9.17) is 0 Å². The highest BCUT2D eigenvalue weighted by molar-refractivity contribution is 9.10. The third kappa shape index (κ3) is 4.84. The Kier molecular flexibility index (Phi) is 6.61. The molecule has 3 rings (SSSR count). The number of thioether (sulfide) groups is 1. The quantitative estimate of drug-likeness (QED) is 0.443. The number of carbonyl (C=O) groups excluding carboxylic acids is 1. The molecule has 1 atom stereocenters. The van der Waals surface area contributed by atoms with Crippen LogP contribution < -0.4 is 0 Å². The molecule has 0 saturated carbocycles. The van der Waals surface area contributed by atoms with Gasteiger partial charge in [-0.05, 0) is 18.6 Å². The third-order valence-electron chi connectivity index (χ3n) is 4.61. The van der Waals surface area contributed by atoms with Gasteiger partial charge in [0.05, 0.1) is 17.3 Å². The predicted octanol–water partition coefficient (Wildman–Crippen LogP) is 2.63. The zero-order chi connectivity index (χ0) is 20.3. The number of allylic oxidation sites excluding steroid dienone is 1. The minimum atomic E-state index is -3.03. The highest BCUT2D eigenvalue weighted by Gasteiger charge is 2.32. The molecule has 1 aromatic carbocycles. The first-order valence-corrected chi connectivity index (χ1v) is 12.3. The summed E-state index contributed by atoms with van der Waals surface area (Å²) in [6.45, 7) is 4.31. The van der Waals surface area contributed by atoms with Gasteiger partial charge in [0.15, 0.2) is 20.8 Å². The molecule has 1 fully saturated rings. The largest absolute Gasteiger partial charge is 0.341 e. The van der Waals surface area contributed by atoms with E-state index in [1.807, 2.05) is 28.8 Å². The third-order valence-corrected chi connectivity index (χ3v) is 7.84. The second kappa shape index (κ2) is 8.79. The van der Waals surface area contributed by atoms with Gasteiger partial charge >= 0.3 is 0 Å². The van der Waals surface area contributed by atoms with Gasteiger partial charge in [-0.15, -0.1) is 16.8 Å². The second-order valence-electron chi connectivity index (χ2n) is 6.56. The minimum absolute atomic E-state index is 0.0419. The topological polar surface area (TPSA) is 85.2 Å². The molecule has 0 N–H and O–H groups in total. The number of hydrogen-bond donors (Lipinski definition) is 0. The predicted molar refractivity (Wildman–Crippen MR) is 114 cm³/mol. The molecule has 1 aliphatic heterocycles. The number of aromatic nitrogens is 3. The van der Waals surface area contributed by atoms with Crippen LogP contribution in [0.4, 0.5) is 0 Å². The van der Waals surface area contributed by atoms with Crippen LogP contribution in [-0.4, -0.2) is 64.3 Å². The number of halogens is 1. The van der Waals surface area contributed by atoms with Gasteiger partial charge in [-0.25, -0.2) is 8.42 Å². The minimum Gasteiger partial charge on any atom is -0.341 e. The first kappa shape index (κ1) is 21.1. The van der Waals surface area contributed by atoms with Crippen LogP contribution in [0.15, 0.2) is 46.5 Å². The van der Waals surface area contributed by atoms with Crippen LogP contribution in [0, 0.1) is 0 Å². The molecular formula is C18H21BrN4O3S2. The lowest BCUT2D eigenvalue weighted by Gasteiger charge is -2.23. The molecule has 7 nitrogen and oxygen atoms in total. The van der Waals surface area contributed by atoms with Crippen molar-refractivity contribution in [2.24, 2.45) is 0 Å². The van der Waals surface area contributed by atoms with Gasteiger partial charge in [0.2, 0.25) is 5.91 Å². The van der Waals surface area contributed by atoms with Crippen molar-refractivity contribution in [3.8, 4) is 11.4 Å². The number of sulfone groups is 1. The van der Waals surface area contributed by atoms with Crippen molar-refractivity contribution in [1.82, 2.24) is 19.7 Å². The number of rotatable bonds is 7. The lowest BCUT2D eigenvalue weighted by Crippen LogP contribution is -2.38. The van der Waals surface area contributed by atoms with E-state index in [1.165, 1.54) is 11.8 Å². The maximum atomic E-state index is 12.5.